The first-order chi connectivity index (χ1) is 11.6. The lowest BCUT2D eigenvalue weighted by atomic mass is 10.1. The molecule has 0 aliphatic carbocycles. The Bertz CT molecular complexity index is 772. The Balaban J connectivity index is 1.61. The number of benzene rings is 2. The summed E-state index contributed by atoms with van der Waals surface area (Å²) in [6, 6.07) is 14.4. The fraction of sp³-hybridized carbons (Fsp3) is 0.211. The molecule has 3 rings (SSSR count). The number of imidazole rings is 1. The third-order valence-corrected chi connectivity index (χ3v) is 4.08. The second kappa shape index (κ2) is 7.38. The summed E-state index contributed by atoms with van der Waals surface area (Å²) in [5.41, 5.74) is 2.45. The molecule has 1 heterocycles. The highest BCUT2D eigenvalue weighted by atomic mass is 19.1. The minimum absolute atomic E-state index is 0.0447. The van der Waals surface area contributed by atoms with Crippen molar-refractivity contribution in [3.05, 3.63) is 84.2 Å². The molecule has 1 aromatic heterocycles. The van der Waals surface area contributed by atoms with Gasteiger partial charge in [0.2, 0.25) is 0 Å². The van der Waals surface area contributed by atoms with Gasteiger partial charge in [-0.2, -0.15) is 0 Å². The first-order valence-corrected chi connectivity index (χ1v) is 7.89. The SMILES string of the molecule is C[C@@H](NC[C@@H](O)c1ccccc1F)c1ccc(-n2ccnc2)cc1. The fourth-order valence-electron chi connectivity index (χ4n) is 2.61. The Morgan fingerprint density at radius 3 is 2.58 bits per heavy atom. The molecule has 0 aliphatic rings. The van der Waals surface area contributed by atoms with E-state index < -0.39 is 6.10 Å². The number of aliphatic hydroxyl groups excluding tert-OH is 1. The Morgan fingerprint density at radius 2 is 1.92 bits per heavy atom. The monoisotopic (exact) mass is 325 g/mol. The van der Waals surface area contributed by atoms with Gasteiger partial charge >= 0.3 is 0 Å². The molecule has 0 spiro atoms. The van der Waals surface area contributed by atoms with Crippen LogP contribution in [0, 0.1) is 5.82 Å². The molecule has 2 aromatic carbocycles. The number of halogens is 1. The summed E-state index contributed by atoms with van der Waals surface area (Å²) < 4.78 is 15.6. The molecule has 0 radical (unpaired) electrons. The molecular formula is C19H20FN3O. The summed E-state index contributed by atoms with van der Waals surface area (Å²) in [5.74, 6) is -0.385. The molecule has 0 saturated carbocycles. The average Bonchev–Trinajstić information content (AvgIpc) is 3.14. The van der Waals surface area contributed by atoms with Crippen LogP contribution in [0.4, 0.5) is 4.39 Å². The van der Waals surface area contributed by atoms with Gasteiger partial charge in [-0.15, -0.1) is 0 Å². The van der Waals surface area contributed by atoms with Crippen molar-refractivity contribution in [1.82, 2.24) is 14.9 Å². The molecular weight excluding hydrogens is 305 g/mol. The van der Waals surface area contributed by atoms with Crippen molar-refractivity contribution < 1.29 is 9.50 Å². The first-order valence-electron chi connectivity index (χ1n) is 7.89. The Hall–Kier alpha value is -2.50. The fourth-order valence-corrected chi connectivity index (χ4v) is 2.61. The van der Waals surface area contributed by atoms with Crippen LogP contribution >= 0.6 is 0 Å². The van der Waals surface area contributed by atoms with Gasteiger partial charge in [0.25, 0.3) is 0 Å². The summed E-state index contributed by atoms with van der Waals surface area (Å²) in [6.45, 7) is 2.30. The van der Waals surface area contributed by atoms with E-state index in [1.54, 1.807) is 30.7 Å². The maximum Gasteiger partial charge on any atom is 0.129 e. The van der Waals surface area contributed by atoms with Crippen molar-refractivity contribution in [1.29, 1.82) is 0 Å². The summed E-state index contributed by atoms with van der Waals surface area (Å²) >= 11 is 0. The summed E-state index contributed by atoms with van der Waals surface area (Å²) in [4.78, 5) is 4.03. The third-order valence-electron chi connectivity index (χ3n) is 4.08. The van der Waals surface area contributed by atoms with Crippen molar-refractivity contribution in [2.45, 2.75) is 19.1 Å². The first kappa shape index (κ1) is 16.4. The molecule has 124 valence electrons. The maximum absolute atomic E-state index is 13.7. The zero-order valence-corrected chi connectivity index (χ0v) is 13.4. The van der Waals surface area contributed by atoms with Crippen LogP contribution in [-0.4, -0.2) is 21.2 Å². The average molecular weight is 325 g/mol. The zero-order valence-electron chi connectivity index (χ0n) is 13.4. The second-order valence-electron chi connectivity index (χ2n) is 5.73. The largest absolute Gasteiger partial charge is 0.387 e. The third kappa shape index (κ3) is 3.69. The summed E-state index contributed by atoms with van der Waals surface area (Å²) in [5, 5.41) is 13.4. The van der Waals surface area contributed by atoms with Crippen molar-refractivity contribution in [3.63, 3.8) is 0 Å². The smallest absolute Gasteiger partial charge is 0.129 e. The molecule has 0 bridgehead atoms. The quantitative estimate of drug-likeness (QED) is 0.730. The second-order valence-corrected chi connectivity index (χ2v) is 5.73. The van der Waals surface area contributed by atoms with Crippen LogP contribution in [0.1, 0.15) is 30.2 Å². The minimum Gasteiger partial charge on any atom is -0.387 e. The molecule has 24 heavy (non-hydrogen) atoms. The standard InChI is InChI=1S/C19H20FN3O/c1-14(22-12-19(24)17-4-2-3-5-18(17)20)15-6-8-16(9-7-15)23-11-10-21-13-23/h2-11,13-14,19,22,24H,12H2,1H3/t14-,19-/m1/s1. The van der Waals surface area contributed by atoms with E-state index in [2.05, 4.69) is 10.3 Å². The molecule has 3 aromatic rings. The van der Waals surface area contributed by atoms with Gasteiger partial charge in [0, 0.05) is 36.2 Å². The highest BCUT2D eigenvalue weighted by Gasteiger charge is 2.14. The van der Waals surface area contributed by atoms with Crippen LogP contribution in [0.2, 0.25) is 0 Å². The van der Waals surface area contributed by atoms with E-state index in [9.17, 15) is 9.50 Å². The van der Waals surface area contributed by atoms with Crippen LogP contribution in [0.5, 0.6) is 0 Å². The minimum atomic E-state index is -0.876. The molecule has 0 aliphatic heterocycles. The van der Waals surface area contributed by atoms with Gasteiger partial charge in [0.15, 0.2) is 0 Å². The lowest BCUT2D eigenvalue weighted by molar-refractivity contribution is 0.166. The number of aromatic nitrogens is 2. The highest BCUT2D eigenvalue weighted by Crippen LogP contribution is 2.19. The van der Waals surface area contributed by atoms with Gasteiger partial charge in [0.05, 0.1) is 12.4 Å². The molecule has 0 saturated heterocycles. The summed E-state index contributed by atoms with van der Waals surface area (Å²) in [6.07, 6.45) is 4.50. The summed E-state index contributed by atoms with van der Waals surface area (Å²) in [7, 11) is 0. The van der Waals surface area contributed by atoms with Crippen LogP contribution in [0.15, 0.2) is 67.3 Å². The van der Waals surface area contributed by atoms with E-state index in [0.717, 1.165) is 11.3 Å². The Morgan fingerprint density at radius 1 is 1.17 bits per heavy atom. The lowest BCUT2D eigenvalue weighted by Crippen LogP contribution is -2.25. The number of aliphatic hydroxyl groups is 1. The molecule has 2 atom stereocenters. The van der Waals surface area contributed by atoms with E-state index >= 15 is 0 Å². The Labute approximate surface area is 140 Å². The van der Waals surface area contributed by atoms with Crippen molar-refractivity contribution in [2.24, 2.45) is 0 Å². The molecule has 0 fully saturated rings. The van der Waals surface area contributed by atoms with Gasteiger partial charge < -0.3 is 15.0 Å². The normalized spacial score (nSPS) is 13.6. The van der Waals surface area contributed by atoms with E-state index in [4.69, 9.17) is 0 Å². The molecule has 4 nitrogen and oxygen atoms in total. The van der Waals surface area contributed by atoms with Crippen LogP contribution in [-0.2, 0) is 0 Å². The van der Waals surface area contributed by atoms with E-state index in [1.165, 1.54) is 6.07 Å². The number of hydrogen-bond donors (Lipinski definition) is 2. The van der Waals surface area contributed by atoms with E-state index in [1.807, 2.05) is 42.0 Å². The van der Waals surface area contributed by atoms with Gasteiger partial charge in [-0.25, -0.2) is 9.37 Å². The van der Waals surface area contributed by atoms with Crippen LogP contribution in [0.3, 0.4) is 0 Å². The van der Waals surface area contributed by atoms with Gasteiger partial charge in [-0.1, -0.05) is 30.3 Å². The van der Waals surface area contributed by atoms with Crippen molar-refractivity contribution in [3.8, 4) is 5.69 Å². The molecule has 2 N–H and O–H groups in total. The topological polar surface area (TPSA) is 50.1 Å². The predicted molar refractivity (Wildman–Crippen MR) is 91.3 cm³/mol. The highest BCUT2D eigenvalue weighted by molar-refractivity contribution is 5.35. The van der Waals surface area contributed by atoms with Gasteiger partial charge in [-0.3, -0.25) is 0 Å². The van der Waals surface area contributed by atoms with Crippen molar-refractivity contribution in [2.75, 3.05) is 6.54 Å². The predicted octanol–water partition coefficient (Wildman–Crippen LogP) is 3.40. The number of nitrogens with zero attached hydrogens (tertiary/aromatic N) is 2. The maximum atomic E-state index is 13.7. The lowest BCUT2D eigenvalue weighted by Gasteiger charge is -2.18. The van der Waals surface area contributed by atoms with E-state index in [0.29, 0.717) is 5.56 Å². The van der Waals surface area contributed by atoms with Crippen LogP contribution < -0.4 is 5.32 Å². The molecule has 5 heteroatoms. The van der Waals surface area contributed by atoms with E-state index in [-0.39, 0.29) is 18.4 Å². The number of hydrogen-bond acceptors (Lipinski definition) is 3. The van der Waals surface area contributed by atoms with Gasteiger partial charge in [-0.05, 0) is 30.7 Å². The number of nitrogens with one attached hydrogen (secondary N) is 1. The zero-order chi connectivity index (χ0) is 16.9. The van der Waals surface area contributed by atoms with Gasteiger partial charge in [0.1, 0.15) is 5.82 Å². The molecule has 0 amide bonds. The number of rotatable bonds is 6. The van der Waals surface area contributed by atoms with Crippen LogP contribution in [0.25, 0.3) is 5.69 Å². The van der Waals surface area contributed by atoms with Crippen molar-refractivity contribution >= 4 is 0 Å². The Kier molecular flexibility index (Phi) is 5.03. The molecule has 0 unspecified atom stereocenters.